The quantitative estimate of drug-likeness (QED) is 0.479. The first-order valence-electron chi connectivity index (χ1n) is 3.03. The number of hydrogen-bond donors (Lipinski definition) is 0. The van der Waals surface area contributed by atoms with Crippen molar-refractivity contribution < 1.29 is 0 Å². The molecule has 0 aromatic carbocycles. The van der Waals surface area contributed by atoms with Gasteiger partial charge in [0.05, 0.1) is 0 Å². The van der Waals surface area contributed by atoms with Gasteiger partial charge in [0.1, 0.15) is 0 Å². The van der Waals surface area contributed by atoms with Crippen molar-refractivity contribution in [3.8, 4) is 0 Å². The van der Waals surface area contributed by atoms with Crippen LogP contribution in [0.4, 0.5) is 0 Å². The molecule has 0 aliphatic rings. The second-order valence-electron chi connectivity index (χ2n) is 1.93. The molecule has 0 aromatic rings. The van der Waals surface area contributed by atoms with Gasteiger partial charge in [0.25, 0.3) is 0 Å². The fraction of sp³-hybridized carbons (Fsp3) is 0.500. The standard InChI is InChI=1S/C8H14/c1-5-7(3)8(4)6-2/h6H,3,5H2,1-2,4H3. The van der Waals surface area contributed by atoms with Gasteiger partial charge in [-0.15, -0.1) is 0 Å². The summed E-state index contributed by atoms with van der Waals surface area (Å²) in [6.45, 7) is 10.1. The molecule has 0 amide bonds. The molecule has 46 valence electrons. The Morgan fingerprint density at radius 1 is 1.62 bits per heavy atom. The summed E-state index contributed by atoms with van der Waals surface area (Å²) in [7, 11) is 0. The van der Waals surface area contributed by atoms with Gasteiger partial charge in [-0.3, -0.25) is 0 Å². The largest absolute Gasteiger partial charge is 0.0956 e. The summed E-state index contributed by atoms with van der Waals surface area (Å²) in [5, 5.41) is 0. The van der Waals surface area contributed by atoms with Crippen LogP contribution < -0.4 is 0 Å². The Balaban J connectivity index is 3.83. The molecular weight excluding hydrogens is 96.1 g/mol. The number of rotatable bonds is 2. The minimum absolute atomic E-state index is 1.07. The lowest BCUT2D eigenvalue weighted by molar-refractivity contribution is 1.11. The van der Waals surface area contributed by atoms with E-state index < -0.39 is 0 Å². The van der Waals surface area contributed by atoms with Crippen LogP contribution in [0.25, 0.3) is 0 Å². The first-order chi connectivity index (χ1) is 3.72. The Kier molecular flexibility index (Phi) is 3.25. The van der Waals surface area contributed by atoms with Gasteiger partial charge in [-0.2, -0.15) is 0 Å². The minimum Gasteiger partial charge on any atom is -0.0956 e. The molecule has 0 saturated heterocycles. The van der Waals surface area contributed by atoms with Crippen molar-refractivity contribution >= 4 is 0 Å². The van der Waals surface area contributed by atoms with Gasteiger partial charge in [-0.1, -0.05) is 30.7 Å². The van der Waals surface area contributed by atoms with Crippen LogP contribution in [0.3, 0.4) is 0 Å². The molecule has 0 aromatic heterocycles. The zero-order chi connectivity index (χ0) is 6.57. The van der Waals surface area contributed by atoms with Crippen molar-refractivity contribution in [1.29, 1.82) is 0 Å². The summed E-state index contributed by atoms with van der Waals surface area (Å²) < 4.78 is 0. The third-order valence-electron chi connectivity index (χ3n) is 1.42. The molecule has 0 atom stereocenters. The maximum absolute atomic E-state index is 3.88. The fourth-order valence-corrected chi connectivity index (χ4v) is 0.483. The van der Waals surface area contributed by atoms with E-state index in [2.05, 4.69) is 26.5 Å². The molecule has 0 nitrogen and oxygen atoms in total. The highest BCUT2D eigenvalue weighted by atomic mass is 13.9. The maximum Gasteiger partial charge on any atom is -0.0311 e. The molecule has 0 radical (unpaired) electrons. The summed E-state index contributed by atoms with van der Waals surface area (Å²) >= 11 is 0. The van der Waals surface area contributed by atoms with E-state index in [9.17, 15) is 0 Å². The van der Waals surface area contributed by atoms with E-state index in [0.29, 0.717) is 0 Å². The second kappa shape index (κ2) is 3.48. The van der Waals surface area contributed by atoms with Crippen LogP contribution in [0.2, 0.25) is 0 Å². The van der Waals surface area contributed by atoms with Crippen LogP contribution in [-0.4, -0.2) is 0 Å². The highest BCUT2D eigenvalue weighted by molar-refractivity contribution is 5.24. The van der Waals surface area contributed by atoms with Crippen molar-refractivity contribution in [3.05, 3.63) is 23.8 Å². The van der Waals surface area contributed by atoms with E-state index in [-0.39, 0.29) is 0 Å². The second-order valence-corrected chi connectivity index (χ2v) is 1.93. The van der Waals surface area contributed by atoms with Gasteiger partial charge in [0.2, 0.25) is 0 Å². The lowest BCUT2D eigenvalue weighted by atomic mass is 10.1. The third-order valence-corrected chi connectivity index (χ3v) is 1.42. The molecule has 0 aliphatic heterocycles. The Bertz CT molecular complexity index is 107. The van der Waals surface area contributed by atoms with Crippen LogP contribution in [0.15, 0.2) is 23.8 Å². The van der Waals surface area contributed by atoms with E-state index in [1.165, 1.54) is 11.1 Å². The summed E-state index contributed by atoms with van der Waals surface area (Å²) in [6.07, 6.45) is 3.15. The van der Waals surface area contributed by atoms with E-state index >= 15 is 0 Å². The summed E-state index contributed by atoms with van der Waals surface area (Å²) in [4.78, 5) is 0. The Morgan fingerprint density at radius 2 is 2.12 bits per heavy atom. The van der Waals surface area contributed by atoms with Crippen molar-refractivity contribution in [3.63, 3.8) is 0 Å². The van der Waals surface area contributed by atoms with Gasteiger partial charge in [-0.05, 0) is 20.3 Å². The molecule has 0 spiro atoms. The molecular formula is C8H14. The first-order valence-corrected chi connectivity index (χ1v) is 3.03. The van der Waals surface area contributed by atoms with Gasteiger partial charge in [0.15, 0.2) is 0 Å². The van der Waals surface area contributed by atoms with Gasteiger partial charge < -0.3 is 0 Å². The minimum atomic E-state index is 1.07. The van der Waals surface area contributed by atoms with Crippen LogP contribution in [0.1, 0.15) is 27.2 Å². The van der Waals surface area contributed by atoms with E-state index in [1.54, 1.807) is 0 Å². The molecule has 0 saturated carbocycles. The fourth-order valence-electron chi connectivity index (χ4n) is 0.483. The van der Waals surface area contributed by atoms with Crippen LogP contribution >= 0.6 is 0 Å². The summed E-state index contributed by atoms with van der Waals surface area (Å²) in [6, 6.07) is 0. The average molecular weight is 110 g/mol. The normalized spacial score (nSPS) is 11.6. The van der Waals surface area contributed by atoms with Crippen molar-refractivity contribution in [2.24, 2.45) is 0 Å². The predicted octanol–water partition coefficient (Wildman–Crippen LogP) is 2.92. The molecule has 0 heterocycles. The summed E-state index contributed by atoms with van der Waals surface area (Å²) in [5.74, 6) is 0. The SMILES string of the molecule is C=C(CC)C(C)=CC. The first kappa shape index (κ1) is 7.48. The molecule has 0 N–H and O–H groups in total. The highest BCUT2D eigenvalue weighted by Gasteiger charge is 1.88. The Labute approximate surface area is 51.9 Å². The molecule has 8 heavy (non-hydrogen) atoms. The third kappa shape index (κ3) is 1.97. The molecule has 0 aliphatic carbocycles. The smallest absolute Gasteiger partial charge is 0.0311 e. The predicted molar refractivity (Wildman–Crippen MR) is 38.9 cm³/mol. The monoisotopic (exact) mass is 110 g/mol. The van der Waals surface area contributed by atoms with Crippen molar-refractivity contribution in [1.82, 2.24) is 0 Å². The molecule has 0 heteroatoms. The van der Waals surface area contributed by atoms with Crippen LogP contribution in [0.5, 0.6) is 0 Å². The van der Waals surface area contributed by atoms with Crippen molar-refractivity contribution in [2.75, 3.05) is 0 Å². The number of allylic oxidation sites excluding steroid dienone is 3. The zero-order valence-electron chi connectivity index (χ0n) is 5.99. The Hall–Kier alpha value is -0.520. The lowest BCUT2D eigenvalue weighted by Crippen LogP contribution is -1.77. The van der Waals surface area contributed by atoms with Gasteiger partial charge in [-0.25, -0.2) is 0 Å². The molecule has 0 rings (SSSR count). The molecule has 0 bridgehead atoms. The van der Waals surface area contributed by atoms with E-state index in [1.807, 2.05) is 6.92 Å². The Morgan fingerprint density at radius 3 is 2.25 bits per heavy atom. The molecule has 0 fully saturated rings. The van der Waals surface area contributed by atoms with E-state index in [0.717, 1.165) is 6.42 Å². The van der Waals surface area contributed by atoms with Crippen molar-refractivity contribution in [2.45, 2.75) is 27.2 Å². The maximum atomic E-state index is 3.88. The van der Waals surface area contributed by atoms with Crippen LogP contribution in [0, 0.1) is 0 Å². The topological polar surface area (TPSA) is 0 Å². The summed E-state index contributed by atoms with van der Waals surface area (Å²) in [5.41, 5.74) is 2.56. The highest BCUT2D eigenvalue weighted by Crippen LogP contribution is 2.08. The lowest BCUT2D eigenvalue weighted by Gasteiger charge is -1.98. The van der Waals surface area contributed by atoms with Gasteiger partial charge >= 0.3 is 0 Å². The zero-order valence-corrected chi connectivity index (χ0v) is 5.99. The van der Waals surface area contributed by atoms with E-state index in [4.69, 9.17) is 0 Å². The number of hydrogen-bond acceptors (Lipinski definition) is 0. The van der Waals surface area contributed by atoms with Crippen LogP contribution in [-0.2, 0) is 0 Å². The molecule has 0 unspecified atom stereocenters. The van der Waals surface area contributed by atoms with Gasteiger partial charge in [0, 0.05) is 0 Å². The average Bonchev–Trinajstić information content (AvgIpc) is 1.84.